The van der Waals surface area contributed by atoms with Crippen LogP contribution in [0.5, 0.6) is 0 Å². The molecule has 5 heteroatoms. The Bertz CT molecular complexity index is 836. The molecule has 3 rings (SSSR count). The number of likely N-dealkylation sites (tertiary alicyclic amines) is 1. The number of hydrogen-bond acceptors (Lipinski definition) is 3. The highest BCUT2D eigenvalue weighted by Crippen LogP contribution is 2.34. The molecule has 1 aliphatic rings. The first-order chi connectivity index (χ1) is 12.7. The second-order valence-corrected chi connectivity index (χ2v) is 7.84. The third kappa shape index (κ3) is 4.48. The van der Waals surface area contributed by atoms with E-state index >= 15 is 0 Å². The monoisotopic (exact) mass is 367 g/mol. The molecule has 27 heavy (non-hydrogen) atoms. The summed E-state index contributed by atoms with van der Waals surface area (Å²) in [5.74, 6) is -0.938. The van der Waals surface area contributed by atoms with Gasteiger partial charge in [-0.15, -0.1) is 0 Å². The Balaban J connectivity index is 1.79. The van der Waals surface area contributed by atoms with Gasteiger partial charge < -0.3 is 14.7 Å². The Morgan fingerprint density at radius 2 is 1.78 bits per heavy atom. The topological polar surface area (TPSA) is 66.8 Å². The first-order valence-corrected chi connectivity index (χ1v) is 9.18. The molecule has 1 atom stereocenters. The fraction of sp³-hybridized carbons (Fsp3) is 0.364. The molecule has 0 aliphatic carbocycles. The zero-order chi connectivity index (χ0) is 19.6. The van der Waals surface area contributed by atoms with Crippen LogP contribution in [0, 0.1) is 0 Å². The lowest BCUT2D eigenvalue weighted by Gasteiger charge is -2.29. The molecule has 0 bridgehead atoms. The normalized spacial score (nSPS) is 17.0. The highest BCUT2D eigenvalue weighted by Gasteiger charge is 2.33. The van der Waals surface area contributed by atoms with Crippen LogP contribution in [-0.4, -0.2) is 34.2 Å². The van der Waals surface area contributed by atoms with Gasteiger partial charge in [-0.1, -0.05) is 36.4 Å². The SMILES string of the molecule is CC(C)(C)OC(=O)N1CCC[C@@H]1c1ccc(-c2cccc(C(=O)O)c2)cc1. The molecule has 0 aromatic heterocycles. The van der Waals surface area contributed by atoms with E-state index in [2.05, 4.69) is 0 Å². The maximum Gasteiger partial charge on any atom is 0.410 e. The van der Waals surface area contributed by atoms with Crippen LogP contribution < -0.4 is 0 Å². The highest BCUT2D eigenvalue weighted by atomic mass is 16.6. The zero-order valence-electron chi connectivity index (χ0n) is 15.9. The van der Waals surface area contributed by atoms with Crippen LogP contribution >= 0.6 is 0 Å². The number of amides is 1. The lowest BCUT2D eigenvalue weighted by molar-refractivity contribution is 0.0224. The van der Waals surface area contributed by atoms with E-state index in [9.17, 15) is 9.59 Å². The van der Waals surface area contributed by atoms with E-state index < -0.39 is 11.6 Å². The van der Waals surface area contributed by atoms with Gasteiger partial charge in [0.15, 0.2) is 0 Å². The molecule has 0 saturated carbocycles. The van der Waals surface area contributed by atoms with Gasteiger partial charge in [0.05, 0.1) is 11.6 Å². The number of aromatic carboxylic acids is 1. The number of hydrogen-bond donors (Lipinski definition) is 1. The second kappa shape index (κ2) is 7.43. The zero-order valence-corrected chi connectivity index (χ0v) is 15.9. The number of rotatable bonds is 3. The van der Waals surface area contributed by atoms with Gasteiger partial charge in [0.25, 0.3) is 0 Å². The van der Waals surface area contributed by atoms with E-state index in [0.29, 0.717) is 6.54 Å². The van der Waals surface area contributed by atoms with Crippen molar-refractivity contribution >= 4 is 12.1 Å². The molecule has 2 aromatic carbocycles. The minimum Gasteiger partial charge on any atom is -0.478 e. The van der Waals surface area contributed by atoms with Crippen LogP contribution in [0.25, 0.3) is 11.1 Å². The first-order valence-electron chi connectivity index (χ1n) is 9.18. The molecule has 1 amide bonds. The fourth-order valence-electron chi connectivity index (χ4n) is 3.38. The predicted molar refractivity (Wildman–Crippen MR) is 104 cm³/mol. The van der Waals surface area contributed by atoms with Crippen molar-refractivity contribution in [1.82, 2.24) is 4.90 Å². The summed E-state index contributed by atoms with van der Waals surface area (Å²) < 4.78 is 5.53. The molecular formula is C22H25NO4. The van der Waals surface area contributed by atoms with Crippen molar-refractivity contribution in [2.45, 2.75) is 45.3 Å². The van der Waals surface area contributed by atoms with Crippen molar-refractivity contribution in [1.29, 1.82) is 0 Å². The third-order valence-electron chi connectivity index (χ3n) is 4.62. The Labute approximate surface area is 159 Å². The summed E-state index contributed by atoms with van der Waals surface area (Å²) in [6.45, 7) is 6.31. The van der Waals surface area contributed by atoms with Gasteiger partial charge in [-0.2, -0.15) is 0 Å². The van der Waals surface area contributed by atoms with Crippen LogP contribution in [0.3, 0.4) is 0 Å². The predicted octanol–water partition coefficient (Wildman–Crippen LogP) is 5.12. The maximum absolute atomic E-state index is 12.5. The van der Waals surface area contributed by atoms with Crippen molar-refractivity contribution in [3.05, 3.63) is 59.7 Å². The summed E-state index contributed by atoms with van der Waals surface area (Å²) in [4.78, 5) is 25.4. The molecule has 1 aliphatic heterocycles. The van der Waals surface area contributed by atoms with E-state index in [-0.39, 0.29) is 17.7 Å². The van der Waals surface area contributed by atoms with Crippen LogP contribution in [-0.2, 0) is 4.74 Å². The van der Waals surface area contributed by atoms with Crippen molar-refractivity contribution < 1.29 is 19.4 Å². The molecule has 1 heterocycles. The van der Waals surface area contributed by atoms with Gasteiger partial charge in [0.2, 0.25) is 0 Å². The molecule has 5 nitrogen and oxygen atoms in total. The number of carboxylic acid groups (broad SMARTS) is 1. The average molecular weight is 367 g/mol. The molecule has 0 spiro atoms. The van der Waals surface area contributed by atoms with Crippen LogP contribution in [0.15, 0.2) is 48.5 Å². The Morgan fingerprint density at radius 1 is 1.07 bits per heavy atom. The highest BCUT2D eigenvalue weighted by molar-refractivity contribution is 5.89. The summed E-state index contributed by atoms with van der Waals surface area (Å²) in [5, 5.41) is 9.16. The number of ether oxygens (including phenoxy) is 1. The van der Waals surface area contributed by atoms with Gasteiger partial charge in [0.1, 0.15) is 5.60 Å². The fourth-order valence-corrected chi connectivity index (χ4v) is 3.38. The summed E-state index contributed by atoms with van der Waals surface area (Å²) in [7, 11) is 0. The summed E-state index contributed by atoms with van der Waals surface area (Å²) in [6, 6.07) is 14.9. The number of carbonyl (C=O) groups excluding carboxylic acids is 1. The van der Waals surface area contributed by atoms with Gasteiger partial charge in [-0.3, -0.25) is 0 Å². The minimum atomic E-state index is -0.938. The number of carboxylic acids is 1. The molecule has 142 valence electrons. The molecule has 0 radical (unpaired) electrons. The second-order valence-electron chi connectivity index (χ2n) is 7.84. The van der Waals surface area contributed by atoms with Crippen LogP contribution in [0.1, 0.15) is 55.6 Å². The van der Waals surface area contributed by atoms with E-state index in [1.807, 2.05) is 51.1 Å². The van der Waals surface area contributed by atoms with Crippen molar-refractivity contribution in [3.63, 3.8) is 0 Å². The Morgan fingerprint density at radius 3 is 2.41 bits per heavy atom. The largest absolute Gasteiger partial charge is 0.478 e. The first kappa shape index (κ1) is 19.0. The molecule has 1 N–H and O–H groups in total. The van der Waals surface area contributed by atoms with Gasteiger partial charge in [-0.25, -0.2) is 9.59 Å². The average Bonchev–Trinajstić information content (AvgIpc) is 3.10. The van der Waals surface area contributed by atoms with Crippen LogP contribution in [0.2, 0.25) is 0 Å². The van der Waals surface area contributed by atoms with Gasteiger partial charge in [-0.05, 0) is 62.4 Å². The smallest absolute Gasteiger partial charge is 0.410 e. The summed E-state index contributed by atoms with van der Waals surface area (Å²) in [5.41, 5.74) is 2.63. The van der Waals surface area contributed by atoms with Crippen molar-refractivity contribution in [2.75, 3.05) is 6.54 Å². The molecule has 2 aromatic rings. The van der Waals surface area contributed by atoms with Crippen molar-refractivity contribution in [3.8, 4) is 11.1 Å². The molecular weight excluding hydrogens is 342 g/mol. The minimum absolute atomic E-state index is 0.0132. The Hall–Kier alpha value is -2.82. The van der Waals surface area contributed by atoms with Crippen LogP contribution in [0.4, 0.5) is 4.79 Å². The number of carbonyl (C=O) groups is 2. The van der Waals surface area contributed by atoms with Gasteiger partial charge in [0, 0.05) is 6.54 Å². The standard InChI is InChI=1S/C22H25NO4/c1-22(2,3)27-21(26)23-13-5-8-19(23)16-11-9-15(10-12-16)17-6-4-7-18(14-17)20(24)25/h4,6-7,9-12,14,19H,5,8,13H2,1-3H3,(H,24,25)/t19-/m1/s1. The van der Waals surface area contributed by atoms with E-state index in [1.165, 1.54) is 0 Å². The summed E-state index contributed by atoms with van der Waals surface area (Å²) >= 11 is 0. The van der Waals surface area contributed by atoms with Gasteiger partial charge >= 0.3 is 12.1 Å². The van der Waals surface area contributed by atoms with E-state index in [1.54, 1.807) is 23.1 Å². The maximum atomic E-state index is 12.5. The molecule has 1 fully saturated rings. The molecule has 1 saturated heterocycles. The number of benzene rings is 2. The van der Waals surface area contributed by atoms with E-state index in [4.69, 9.17) is 9.84 Å². The quantitative estimate of drug-likeness (QED) is 0.817. The lowest BCUT2D eigenvalue weighted by Crippen LogP contribution is -2.36. The molecule has 0 unspecified atom stereocenters. The van der Waals surface area contributed by atoms with E-state index in [0.717, 1.165) is 29.5 Å². The lowest BCUT2D eigenvalue weighted by atomic mass is 9.98. The van der Waals surface area contributed by atoms with Crippen molar-refractivity contribution in [2.24, 2.45) is 0 Å². The number of nitrogens with zero attached hydrogens (tertiary/aromatic N) is 1. The third-order valence-corrected chi connectivity index (χ3v) is 4.62. The summed E-state index contributed by atoms with van der Waals surface area (Å²) in [6.07, 6.45) is 1.59. The Kier molecular flexibility index (Phi) is 5.22.